The molecule has 2 N–H and O–H groups in total. The Balaban J connectivity index is 1.44. The third-order valence-electron chi connectivity index (χ3n) is 5.60. The van der Waals surface area contributed by atoms with Crippen LogP contribution in [0.2, 0.25) is 0 Å². The van der Waals surface area contributed by atoms with Gasteiger partial charge in [0.2, 0.25) is 0 Å². The van der Waals surface area contributed by atoms with E-state index in [1.54, 1.807) is 0 Å². The number of rotatable bonds is 11. The molecule has 6 heteroatoms. The average molecular weight is 451 g/mol. The molecule has 1 saturated heterocycles. The first-order valence-corrected chi connectivity index (χ1v) is 11.1. The van der Waals surface area contributed by atoms with E-state index in [0.29, 0.717) is 13.2 Å². The van der Waals surface area contributed by atoms with Crippen LogP contribution in [0.25, 0.3) is 0 Å². The molecular weight excluding hydrogens is 420 g/mol. The van der Waals surface area contributed by atoms with Crippen LogP contribution >= 0.6 is 0 Å². The molecule has 1 aliphatic heterocycles. The summed E-state index contributed by atoms with van der Waals surface area (Å²) in [6.07, 6.45) is -4.55. The lowest BCUT2D eigenvalue weighted by atomic mass is 10.1. The maximum absolute atomic E-state index is 10.5. The van der Waals surface area contributed by atoms with E-state index in [2.05, 4.69) is 0 Å². The van der Waals surface area contributed by atoms with Gasteiger partial charge in [0.15, 0.2) is 6.29 Å². The molecule has 33 heavy (non-hydrogen) atoms. The highest BCUT2D eigenvalue weighted by Crippen LogP contribution is 2.28. The van der Waals surface area contributed by atoms with Crippen LogP contribution in [-0.2, 0) is 38.8 Å². The molecule has 0 unspecified atom stereocenters. The Labute approximate surface area is 194 Å². The van der Waals surface area contributed by atoms with Gasteiger partial charge in [0.25, 0.3) is 0 Å². The zero-order valence-corrected chi connectivity index (χ0v) is 18.4. The lowest BCUT2D eigenvalue weighted by Crippen LogP contribution is -2.44. The fraction of sp³-hybridized carbons (Fsp3) is 0.333. The number of hydrogen-bond donors (Lipinski definition) is 2. The van der Waals surface area contributed by atoms with Crippen LogP contribution in [0, 0.1) is 0 Å². The SMILES string of the molecule is O[C@@H]1[C@@H](OCc2ccccc2)[C@H]([C@@H](COCc2ccccc2)OCc2ccccc2)O[C@@H]1O. The van der Waals surface area contributed by atoms with Crippen molar-refractivity contribution in [2.45, 2.75) is 50.5 Å². The van der Waals surface area contributed by atoms with Gasteiger partial charge in [-0.1, -0.05) is 91.0 Å². The van der Waals surface area contributed by atoms with Gasteiger partial charge in [-0.2, -0.15) is 0 Å². The van der Waals surface area contributed by atoms with Crippen molar-refractivity contribution in [2.24, 2.45) is 0 Å². The van der Waals surface area contributed by atoms with Crippen LogP contribution in [0.15, 0.2) is 91.0 Å². The maximum atomic E-state index is 10.5. The van der Waals surface area contributed by atoms with Crippen LogP contribution in [0.1, 0.15) is 16.7 Å². The smallest absolute Gasteiger partial charge is 0.184 e. The Bertz CT molecular complexity index is 937. The zero-order chi connectivity index (χ0) is 22.9. The Morgan fingerprint density at radius 1 is 0.697 bits per heavy atom. The molecule has 0 aliphatic carbocycles. The van der Waals surface area contributed by atoms with E-state index in [9.17, 15) is 10.2 Å². The molecule has 3 aromatic rings. The molecule has 1 fully saturated rings. The van der Waals surface area contributed by atoms with Gasteiger partial charge in [-0.05, 0) is 16.7 Å². The average Bonchev–Trinajstić information content (AvgIpc) is 3.15. The highest BCUT2D eigenvalue weighted by molar-refractivity contribution is 5.15. The van der Waals surface area contributed by atoms with Crippen molar-refractivity contribution in [3.63, 3.8) is 0 Å². The van der Waals surface area contributed by atoms with Gasteiger partial charge >= 0.3 is 0 Å². The molecule has 0 radical (unpaired) electrons. The minimum atomic E-state index is -1.35. The topological polar surface area (TPSA) is 77.4 Å². The van der Waals surface area contributed by atoms with Crippen molar-refractivity contribution in [1.29, 1.82) is 0 Å². The molecule has 0 bridgehead atoms. The Kier molecular flexibility index (Phi) is 8.60. The van der Waals surface area contributed by atoms with Gasteiger partial charge < -0.3 is 29.2 Å². The Morgan fingerprint density at radius 2 is 1.21 bits per heavy atom. The van der Waals surface area contributed by atoms with E-state index in [1.165, 1.54) is 0 Å². The highest BCUT2D eigenvalue weighted by Gasteiger charge is 2.48. The summed E-state index contributed by atoms with van der Waals surface area (Å²) >= 11 is 0. The number of aliphatic hydroxyl groups is 2. The van der Waals surface area contributed by atoms with Crippen molar-refractivity contribution in [3.8, 4) is 0 Å². The predicted octanol–water partition coefficient (Wildman–Crippen LogP) is 3.45. The monoisotopic (exact) mass is 450 g/mol. The van der Waals surface area contributed by atoms with E-state index >= 15 is 0 Å². The van der Waals surface area contributed by atoms with Crippen LogP contribution in [-0.4, -0.2) is 47.5 Å². The van der Waals surface area contributed by atoms with E-state index in [4.69, 9.17) is 18.9 Å². The molecule has 6 nitrogen and oxygen atoms in total. The van der Waals surface area contributed by atoms with Crippen molar-refractivity contribution in [3.05, 3.63) is 108 Å². The molecular formula is C27H30O6. The summed E-state index contributed by atoms with van der Waals surface area (Å²) in [5, 5.41) is 20.8. The molecule has 174 valence electrons. The van der Waals surface area contributed by atoms with Crippen LogP contribution in [0.5, 0.6) is 0 Å². The number of ether oxygens (including phenoxy) is 4. The summed E-state index contributed by atoms with van der Waals surface area (Å²) in [5.41, 5.74) is 3.02. The molecule has 5 atom stereocenters. The normalized spacial score (nSPS) is 23.5. The van der Waals surface area contributed by atoms with E-state index < -0.39 is 30.7 Å². The lowest BCUT2D eigenvalue weighted by molar-refractivity contribution is -0.170. The van der Waals surface area contributed by atoms with Crippen molar-refractivity contribution >= 4 is 0 Å². The Hall–Kier alpha value is -2.58. The summed E-state index contributed by atoms with van der Waals surface area (Å²) in [6, 6.07) is 29.3. The summed E-state index contributed by atoms with van der Waals surface area (Å²) in [6.45, 7) is 1.26. The second-order valence-electron chi connectivity index (χ2n) is 8.08. The second kappa shape index (κ2) is 12.0. The first-order valence-electron chi connectivity index (χ1n) is 11.1. The standard InChI is InChI=1S/C27H30O6/c28-24-26(32-18-22-14-8-3-9-15-22)25(33-27(24)29)23(31-17-21-12-6-2-7-13-21)19-30-16-20-10-4-1-5-11-20/h1-15,23-29H,16-19H2/t23-,24-,25+,26-,27+/m1/s1. The molecule has 0 saturated carbocycles. The number of aliphatic hydroxyl groups excluding tert-OH is 2. The number of benzene rings is 3. The first kappa shape index (κ1) is 23.6. The first-order chi connectivity index (χ1) is 16.2. The third kappa shape index (κ3) is 6.71. The quantitative estimate of drug-likeness (QED) is 0.466. The minimum absolute atomic E-state index is 0.219. The molecule has 1 heterocycles. The van der Waals surface area contributed by atoms with Gasteiger partial charge in [0, 0.05) is 0 Å². The van der Waals surface area contributed by atoms with E-state index in [-0.39, 0.29) is 13.2 Å². The van der Waals surface area contributed by atoms with Crippen LogP contribution in [0.4, 0.5) is 0 Å². The van der Waals surface area contributed by atoms with Gasteiger partial charge in [-0.25, -0.2) is 0 Å². The molecule has 0 spiro atoms. The molecule has 4 rings (SSSR count). The third-order valence-corrected chi connectivity index (χ3v) is 5.60. The van der Waals surface area contributed by atoms with Gasteiger partial charge in [0.1, 0.15) is 24.4 Å². The van der Waals surface area contributed by atoms with Crippen LogP contribution < -0.4 is 0 Å². The summed E-state index contributed by atoms with van der Waals surface area (Å²) in [7, 11) is 0. The van der Waals surface area contributed by atoms with Crippen LogP contribution in [0.3, 0.4) is 0 Å². The van der Waals surface area contributed by atoms with Crippen molar-refractivity contribution in [1.82, 2.24) is 0 Å². The molecule has 0 amide bonds. The van der Waals surface area contributed by atoms with E-state index in [0.717, 1.165) is 16.7 Å². The second-order valence-corrected chi connectivity index (χ2v) is 8.08. The Morgan fingerprint density at radius 3 is 1.79 bits per heavy atom. The van der Waals surface area contributed by atoms with E-state index in [1.807, 2.05) is 91.0 Å². The highest BCUT2D eigenvalue weighted by atomic mass is 16.7. The molecule has 3 aromatic carbocycles. The number of hydrogen-bond acceptors (Lipinski definition) is 6. The fourth-order valence-electron chi connectivity index (χ4n) is 3.82. The maximum Gasteiger partial charge on any atom is 0.184 e. The van der Waals surface area contributed by atoms with Gasteiger partial charge in [0.05, 0.1) is 26.4 Å². The minimum Gasteiger partial charge on any atom is -0.385 e. The zero-order valence-electron chi connectivity index (χ0n) is 18.4. The predicted molar refractivity (Wildman–Crippen MR) is 123 cm³/mol. The lowest BCUT2D eigenvalue weighted by Gasteiger charge is -2.28. The van der Waals surface area contributed by atoms with Gasteiger partial charge in [-0.3, -0.25) is 0 Å². The molecule has 1 aliphatic rings. The van der Waals surface area contributed by atoms with Crippen molar-refractivity contribution < 1.29 is 29.2 Å². The summed E-state index contributed by atoms with van der Waals surface area (Å²) < 4.78 is 23.8. The summed E-state index contributed by atoms with van der Waals surface area (Å²) in [4.78, 5) is 0. The summed E-state index contributed by atoms with van der Waals surface area (Å²) in [5.74, 6) is 0. The molecule has 0 aromatic heterocycles. The largest absolute Gasteiger partial charge is 0.385 e. The van der Waals surface area contributed by atoms with Gasteiger partial charge in [-0.15, -0.1) is 0 Å². The fourth-order valence-corrected chi connectivity index (χ4v) is 3.82. The van der Waals surface area contributed by atoms with Crippen molar-refractivity contribution in [2.75, 3.05) is 6.61 Å².